The van der Waals surface area contributed by atoms with Gasteiger partial charge in [0.1, 0.15) is 16.5 Å². The number of pyridine rings is 1. The summed E-state index contributed by atoms with van der Waals surface area (Å²) in [5.74, 6) is 1.35. The highest BCUT2D eigenvalue weighted by molar-refractivity contribution is 7.19. The second-order valence-electron chi connectivity index (χ2n) is 7.36. The Kier molecular flexibility index (Phi) is 3.57. The third kappa shape index (κ3) is 2.12. The van der Waals surface area contributed by atoms with Crippen molar-refractivity contribution in [2.75, 3.05) is 20.1 Å². The Hall–Kier alpha value is -2.10. The lowest BCUT2D eigenvalue weighted by atomic mass is 9.64. The van der Waals surface area contributed by atoms with Crippen LogP contribution in [0.4, 0.5) is 0 Å². The van der Waals surface area contributed by atoms with E-state index >= 15 is 0 Å². The average Bonchev–Trinajstić information content (AvgIpc) is 2.89. The Labute approximate surface area is 151 Å². The maximum Gasteiger partial charge on any atom is 0.205 e. The van der Waals surface area contributed by atoms with E-state index in [1.165, 1.54) is 0 Å². The molecule has 1 saturated heterocycles. The topological polar surface area (TPSA) is 75.2 Å². The fourth-order valence-electron chi connectivity index (χ4n) is 4.49. The van der Waals surface area contributed by atoms with Crippen LogP contribution in [0.25, 0.3) is 10.2 Å². The van der Waals surface area contributed by atoms with E-state index < -0.39 is 0 Å². The SMILES string of the molecule is Cc1cc(C)c2c3c(sc2n1)[C@]1(CCN(C)C[C@H]1C)C(C#N)=C(N)O3. The molecule has 25 heavy (non-hydrogen) atoms. The summed E-state index contributed by atoms with van der Waals surface area (Å²) in [6.07, 6.45) is 0.871. The van der Waals surface area contributed by atoms with Crippen LogP contribution < -0.4 is 10.5 Å². The van der Waals surface area contributed by atoms with Crippen LogP contribution in [0.2, 0.25) is 0 Å². The molecule has 4 heterocycles. The highest BCUT2D eigenvalue weighted by Gasteiger charge is 2.52. The highest BCUT2D eigenvalue weighted by atomic mass is 32.1. The smallest absolute Gasteiger partial charge is 0.205 e. The van der Waals surface area contributed by atoms with Crippen LogP contribution >= 0.6 is 11.3 Å². The number of aromatic nitrogens is 1. The molecule has 2 N–H and O–H groups in total. The molecule has 2 aliphatic heterocycles. The normalized spacial score (nSPS) is 26.6. The number of ether oxygens (including phenoxy) is 1. The summed E-state index contributed by atoms with van der Waals surface area (Å²) >= 11 is 1.66. The summed E-state index contributed by atoms with van der Waals surface area (Å²) in [5, 5.41) is 10.9. The molecule has 130 valence electrons. The zero-order valence-corrected chi connectivity index (χ0v) is 15.8. The number of hydrogen-bond acceptors (Lipinski definition) is 6. The molecule has 0 unspecified atom stereocenters. The third-order valence-corrected chi connectivity index (χ3v) is 6.92. The van der Waals surface area contributed by atoms with Gasteiger partial charge in [0.15, 0.2) is 5.75 Å². The van der Waals surface area contributed by atoms with Crippen molar-refractivity contribution in [2.45, 2.75) is 32.6 Å². The van der Waals surface area contributed by atoms with Crippen LogP contribution in [-0.4, -0.2) is 30.0 Å². The molecule has 0 amide bonds. The van der Waals surface area contributed by atoms with E-state index in [2.05, 4.69) is 37.9 Å². The Morgan fingerprint density at radius 3 is 2.92 bits per heavy atom. The van der Waals surface area contributed by atoms with Crippen molar-refractivity contribution in [3.05, 3.63) is 33.7 Å². The average molecular weight is 354 g/mol. The van der Waals surface area contributed by atoms with Crippen molar-refractivity contribution in [1.29, 1.82) is 5.26 Å². The van der Waals surface area contributed by atoms with E-state index in [0.717, 1.165) is 51.6 Å². The summed E-state index contributed by atoms with van der Waals surface area (Å²) in [7, 11) is 2.13. The number of allylic oxidation sites excluding steroid dienone is 1. The van der Waals surface area contributed by atoms with Gasteiger partial charge in [-0.2, -0.15) is 5.26 Å². The molecule has 2 aliphatic rings. The van der Waals surface area contributed by atoms with Gasteiger partial charge in [0.25, 0.3) is 0 Å². The van der Waals surface area contributed by atoms with Gasteiger partial charge in [-0.1, -0.05) is 6.92 Å². The van der Waals surface area contributed by atoms with E-state index in [1.54, 1.807) is 11.3 Å². The largest absolute Gasteiger partial charge is 0.439 e. The molecule has 1 spiro atoms. The number of nitrogens with zero attached hydrogens (tertiary/aromatic N) is 3. The number of hydrogen-bond donors (Lipinski definition) is 1. The zero-order valence-electron chi connectivity index (χ0n) is 15.0. The molecular weight excluding hydrogens is 332 g/mol. The molecule has 1 fully saturated rings. The third-order valence-electron chi connectivity index (χ3n) is 5.68. The molecule has 0 radical (unpaired) electrons. The lowest BCUT2D eigenvalue weighted by Crippen LogP contribution is -2.50. The van der Waals surface area contributed by atoms with Crippen molar-refractivity contribution in [1.82, 2.24) is 9.88 Å². The number of nitrogens with two attached hydrogens (primary N) is 1. The summed E-state index contributed by atoms with van der Waals surface area (Å²) < 4.78 is 6.00. The van der Waals surface area contributed by atoms with E-state index in [4.69, 9.17) is 15.5 Å². The monoisotopic (exact) mass is 354 g/mol. The maximum absolute atomic E-state index is 9.87. The summed E-state index contributed by atoms with van der Waals surface area (Å²) in [6.45, 7) is 8.16. The summed E-state index contributed by atoms with van der Waals surface area (Å²) in [5.41, 5.74) is 8.60. The van der Waals surface area contributed by atoms with E-state index in [-0.39, 0.29) is 17.2 Å². The second kappa shape index (κ2) is 5.45. The van der Waals surface area contributed by atoms with Crippen molar-refractivity contribution >= 4 is 21.6 Å². The van der Waals surface area contributed by atoms with E-state index in [1.807, 2.05) is 6.92 Å². The number of piperidine rings is 1. The molecule has 0 aromatic carbocycles. The van der Waals surface area contributed by atoms with Crippen LogP contribution in [0.1, 0.15) is 29.5 Å². The Balaban J connectivity index is 2.05. The van der Waals surface area contributed by atoms with Gasteiger partial charge in [0.05, 0.1) is 15.7 Å². The Bertz CT molecular complexity index is 954. The molecule has 5 nitrogen and oxygen atoms in total. The fraction of sp³-hybridized carbons (Fsp3) is 0.474. The van der Waals surface area contributed by atoms with Crippen molar-refractivity contribution in [3.63, 3.8) is 0 Å². The number of rotatable bonds is 0. The van der Waals surface area contributed by atoms with Crippen molar-refractivity contribution in [3.8, 4) is 11.8 Å². The van der Waals surface area contributed by atoms with Gasteiger partial charge in [0, 0.05) is 12.2 Å². The van der Waals surface area contributed by atoms with Gasteiger partial charge in [-0.3, -0.25) is 0 Å². The zero-order chi connectivity index (χ0) is 17.9. The highest BCUT2D eigenvalue weighted by Crippen LogP contribution is 2.57. The van der Waals surface area contributed by atoms with Crippen LogP contribution in [0, 0.1) is 31.1 Å². The standard InChI is InChI=1S/C19H22N4OS/c1-10-7-12(3)22-18-14(10)15-16(25-18)19(13(8-20)17(21)24-15)5-6-23(4)9-11(19)2/h7,11H,5-6,9,21H2,1-4H3/t11-,19+/m1/s1. The number of likely N-dealkylation sites (tertiary alicyclic amines) is 1. The first-order valence-electron chi connectivity index (χ1n) is 8.56. The van der Waals surface area contributed by atoms with Crippen LogP contribution in [0.15, 0.2) is 17.5 Å². The van der Waals surface area contributed by atoms with Gasteiger partial charge < -0.3 is 15.4 Å². The van der Waals surface area contributed by atoms with Crippen molar-refractivity contribution in [2.24, 2.45) is 11.7 Å². The van der Waals surface area contributed by atoms with Crippen molar-refractivity contribution < 1.29 is 4.74 Å². The lowest BCUT2D eigenvalue weighted by molar-refractivity contribution is 0.139. The quantitative estimate of drug-likeness (QED) is 0.786. The first-order valence-corrected chi connectivity index (χ1v) is 9.38. The molecule has 2 aromatic heterocycles. The van der Waals surface area contributed by atoms with Gasteiger partial charge >= 0.3 is 0 Å². The van der Waals surface area contributed by atoms with Crippen LogP contribution in [0.3, 0.4) is 0 Å². The first-order chi connectivity index (χ1) is 11.9. The van der Waals surface area contributed by atoms with Gasteiger partial charge in [-0.05, 0) is 51.4 Å². The number of fused-ring (bicyclic) bond motifs is 4. The molecule has 0 aliphatic carbocycles. The number of thiophene rings is 1. The number of nitriles is 1. The van der Waals surface area contributed by atoms with Crippen LogP contribution in [0.5, 0.6) is 5.75 Å². The minimum absolute atomic E-state index is 0.256. The molecule has 2 aromatic rings. The summed E-state index contributed by atoms with van der Waals surface area (Å²) in [6, 6.07) is 4.44. The summed E-state index contributed by atoms with van der Waals surface area (Å²) in [4.78, 5) is 9.13. The minimum Gasteiger partial charge on any atom is -0.439 e. The second-order valence-corrected chi connectivity index (χ2v) is 8.36. The molecule has 0 saturated carbocycles. The van der Waals surface area contributed by atoms with Gasteiger partial charge in [0.2, 0.25) is 5.88 Å². The minimum atomic E-state index is -0.370. The molecular formula is C19H22N4OS. The lowest BCUT2D eigenvalue weighted by Gasteiger charge is -2.46. The molecule has 6 heteroatoms. The van der Waals surface area contributed by atoms with Gasteiger partial charge in [-0.15, -0.1) is 11.3 Å². The Morgan fingerprint density at radius 2 is 2.24 bits per heavy atom. The van der Waals surface area contributed by atoms with Crippen LogP contribution in [-0.2, 0) is 5.41 Å². The number of aryl methyl sites for hydroxylation is 2. The van der Waals surface area contributed by atoms with E-state index in [9.17, 15) is 5.26 Å². The maximum atomic E-state index is 9.87. The molecule has 4 rings (SSSR count). The Morgan fingerprint density at radius 1 is 1.48 bits per heavy atom. The van der Waals surface area contributed by atoms with E-state index in [0.29, 0.717) is 5.57 Å². The fourth-order valence-corrected chi connectivity index (χ4v) is 6.05. The van der Waals surface area contributed by atoms with Gasteiger partial charge in [-0.25, -0.2) is 4.98 Å². The predicted octanol–water partition coefficient (Wildman–Crippen LogP) is 3.21. The molecule has 2 atom stereocenters. The first kappa shape index (κ1) is 16.4. The molecule has 0 bridgehead atoms. The predicted molar refractivity (Wildman–Crippen MR) is 99.5 cm³/mol.